The molecule has 82 valence electrons. The van der Waals surface area contributed by atoms with Gasteiger partial charge in [-0.15, -0.1) is 0 Å². The number of nitrogens with zero attached hydrogens (tertiary/aromatic N) is 1. The van der Waals surface area contributed by atoms with Gasteiger partial charge in [0.15, 0.2) is 0 Å². The molecule has 0 aromatic carbocycles. The molecule has 0 amide bonds. The topological polar surface area (TPSA) is 49.5 Å². The Bertz CT molecular complexity index is 178. The van der Waals surface area contributed by atoms with Crippen LogP contribution in [0.4, 0.5) is 0 Å². The van der Waals surface area contributed by atoms with Crippen LogP contribution >= 0.6 is 0 Å². The number of hydrogen-bond donors (Lipinski definition) is 2. The molecule has 2 fully saturated rings. The van der Waals surface area contributed by atoms with Crippen molar-refractivity contribution in [1.82, 2.24) is 4.90 Å². The molecule has 0 spiro atoms. The predicted molar refractivity (Wildman–Crippen MR) is 57.0 cm³/mol. The van der Waals surface area contributed by atoms with Crippen molar-refractivity contribution >= 4 is 0 Å². The Labute approximate surface area is 86.3 Å². The van der Waals surface area contributed by atoms with Crippen LogP contribution in [0.1, 0.15) is 32.1 Å². The van der Waals surface area contributed by atoms with Crippen molar-refractivity contribution in [2.75, 3.05) is 19.6 Å². The summed E-state index contributed by atoms with van der Waals surface area (Å²) in [5.74, 6) is 0.532. The van der Waals surface area contributed by atoms with Crippen molar-refractivity contribution in [2.24, 2.45) is 11.7 Å². The molecule has 2 atom stereocenters. The lowest BCUT2D eigenvalue weighted by Gasteiger charge is -2.32. The number of rotatable bonds is 2. The lowest BCUT2D eigenvalue weighted by molar-refractivity contribution is 0.0925. The summed E-state index contributed by atoms with van der Waals surface area (Å²) < 4.78 is 0. The molecular weight excluding hydrogens is 176 g/mol. The summed E-state index contributed by atoms with van der Waals surface area (Å²) in [6.45, 7) is 3.35. The Morgan fingerprint density at radius 2 is 1.86 bits per heavy atom. The highest BCUT2D eigenvalue weighted by molar-refractivity contribution is 4.82. The van der Waals surface area contributed by atoms with E-state index in [4.69, 9.17) is 5.73 Å². The Balaban J connectivity index is 1.74. The second-order valence-electron chi connectivity index (χ2n) is 4.90. The van der Waals surface area contributed by atoms with Gasteiger partial charge in [-0.1, -0.05) is 6.42 Å². The van der Waals surface area contributed by atoms with Crippen molar-refractivity contribution in [2.45, 2.75) is 44.2 Å². The van der Waals surface area contributed by atoms with E-state index in [-0.39, 0.29) is 6.10 Å². The average Bonchev–Trinajstić information content (AvgIpc) is 2.56. The molecule has 1 aliphatic carbocycles. The van der Waals surface area contributed by atoms with Crippen LogP contribution in [-0.2, 0) is 0 Å². The van der Waals surface area contributed by atoms with Crippen molar-refractivity contribution < 1.29 is 5.11 Å². The molecule has 2 unspecified atom stereocenters. The van der Waals surface area contributed by atoms with Crippen molar-refractivity contribution in [3.8, 4) is 0 Å². The van der Waals surface area contributed by atoms with Gasteiger partial charge in [-0.25, -0.2) is 0 Å². The molecule has 3 heteroatoms. The fourth-order valence-electron chi connectivity index (χ4n) is 2.70. The third-order valence-electron chi connectivity index (χ3n) is 3.74. The van der Waals surface area contributed by atoms with Gasteiger partial charge in [0.25, 0.3) is 0 Å². The third kappa shape index (κ3) is 2.47. The van der Waals surface area contributed by atoms with Crippen LogP contribution in [0.5, 0.6) is 0 Å². The summed E-state index contributed by atoms with van der Waals surface area (Å²) in [6.07, 6.45) is 5.65. The number of aliphatic hydroxyl groups is 1. The van der Waals surface area contributed by atoms with Crippen molar-refractivity contribution in [3.63, 3.8) is 0 Å². The van der Waals surface area contributed by atoms with Gasteiger partial charge in [-0.2, -0.15) is 0 Å². The first kappa shape index (κ1) is 10.4. The molecule has 1 saturated carbocycles. The first-order valence-electron chi connectivity index (χ1n) is 5.91. The maximum absolute atomic E-state index is 9.72. The van der Waals surface area contributed by atoms with Gasteiger partial charge in [0.1, 0.15) is 0 Å². The molecule has 3 nitrogen and oxygen atoms in total. The van der Waals surface area contributed by atoms with Gasteiger partial charge < -0.3 is 15.7 Å². The van der Waals surface area contributed by atoms with Crippen LogP contribution in [0.25, 0.3) is 0 Å². The van der Waals surface area contributed by atoms with E-state index in [0.717, 1.165) is 38.9 Å². The quantitative estimate of drug-likeness (QED) is 0.682. The van der Waals surface area contributed by atoms with Crippen LogP contribution in [0.3, 0.4) is 0 Å². The zero-order chi connectivity index (χ0) is 9.97. The minimum atomic E-state index is -0.0365. The highest BCUT2D eigenvalue weighted by atomic mass is 16.3. The van der Waals surface area contributed by atoms with E-state index in [2.05, 4.69) is 4.90 Å². The zero-order valence-electron chi connectivity index (χ0n) is 8.86. The molecule has 1 saturated heterocycles. The Hall–Kier alpha value is -0.120. The maximum atomic E-state index is 9.72. The average molecular weight is 198 g/mol. The standard InChI is InChI=1S/C11H22N2O/c12-10-4-6-13(7-5-10)8-9-2-1-3-11(9)14/h9-11,14H,1-8,12H2. The van der Waals surface area contributed by atoms with Crippen molar-refractivity contribution in [3.05, 3.63) is 0 Å². The van der Waals surface area contributed by atoms with Gasteiger partial charge in [-0.05, 0) is 44.7 Å². The van der Waals surface area contributed by atoms with Gasteiger partial charge in [0.05, 0.1) is 6.10 Å². The summed E-state index contributed by atoms with van der Waals surface area (Å²) in [5, 5.41) is 9.72. The van der Waals surface area contributed by atoms with Crippen LogP contribution in [0.15, 0.2) is 0 Å². The summed E-state index contributed by atoms with van der Waals surface area (Å²) in [7, 11) is 0. The van der Waals surface area contributed by atoms with Crippen molar-refractivity contribution in [1.29, 1.82) is 0 Å². The summed E-state index contributed by atoms with van der Waals surface area (Å²) in [5.41, 5.74) is 5.86. The molecule has 14 heavy (non-hydrogen) atoms. The lowest BCUT2D eigenvalue weighted by Crippen LogP contribution is -2.42. The normalized spacial score (nSPS) is 36.4. The molecular formula is C11H22N2O. The summed E-state index contributed by atoms with van der Waals surface area (Å²) in [6, 6.07) is 0.416. The third-order valence-corrected chi connectivity index (χ3v) is 3.74. The predicted octanol–water partition coefficient (Wildman–Crippen LogP) is 0.570. The van der Waals surface area contributed by atoms with E-state index in [0.29, 0.717) is 12.0 Å². The maximum Gasteiger partial charge on any atom is 0.0580 e. The molecule has 3 N–H and O–H groups in total. The van der Waals surface area contributed by atoms with E-state index in [1.807, 2.05) is 0 Å². The molecule has 2 aliphatic rings. The number of nitrogens with two attached hydrogens (primary N) is 1. The zero-order valence-corrected chi connectivity index (χ0v) is 8.86. The van der Waals surface area contributed by atoms with Gasteiger partial charge in [0.2, 0.25) is 0 Å². The van der Waals surface area contributed by atoms with E-state index in [1.54, 1.807) is 0 Å². The molecule has 0 radical (unpaired) electrons. The molecule has 2 rings (SSSR count). The monoisotopic (exact) mass is 198 g/mol. The van der Waals surface area contributed by atoms with E-state index >= 15 is 0 Å². The van der Waals surface area contributed by atoms with Gasteiger partial charge >= 0.3 is 0 Å². The van der Waals surface area contributed by atoms with E-state index < -0.39 is 0 Å². The van der Waals surface area contributed by atoms with Crippen LogP contribution < -0.4 is 5.73 Å². The fourth-order valence-corrected chi connectivity index (χ4v) is 2.70. The highest BCUT2D eigenvalue weighted by Crippen LogP contribution is 2.27. The Morgan fingerprint density at radius 1 is 1.14 bits per heavy atom. The van der Waals surface area contributed by atoms with Gasteiger partial charge in [0, 0.05) is 12.6 Å². The molecule has 0 aromatic heterocycles. The first-order valence-corrected chi connectivity index (χ1v) is 5.91. The second kappa shape index (κ2) is 4.60. The second-order valence-corrected chi connectivity index (χ2v) is 4.90. The SMILES string of the molecule is NC1CCN(CC2CCCC2O)CC1. The fraction of sp³-hybridized carbons (Fsp3) is 1.00. The number of aliphatic hydroxyl groups excluding tert-OH is 1. The highest BCUT2D eigenvalue weighted by Gasteiger charge is 2.28. The van der Waals surface area contributed by atoms with Crippen LogP contribution in [-0.4, -0.2) is 41.8 Å². The van der Waals surface area contributed by atoms with Crippen LogP contribution in [0.2, 0.25) is 0 Å². The summed E-state index contributed by atoms with van der Waals surface area (Å²) in [4.78, 5) is 2.47. The summed E-state index contributed by atoms with van der Waals surface area (Å²) >= 11 is 0. The first-order chi connectivity index (χ1) is 6.75. The minimum absolute atomic E-state index is 0.0365. The molecule has 1 heterocycles. The van der Waals surface area contributed by atoms with E-state index in [9.17, 15) is 5.11 Å². The van der Waals surface area contributed by atoms with E-state index in [1.165, 1.54) is 12.8 Å². The molecule has 0 bridgehead atoms. The molecule has 0 aromatic rings. The number of likely N-dealkylation sites (tertiary alicyclic amines) is 1. The van der Waals surface area contributed by atoms with Gasteiger partial charge in [-0.3, -0.25) is 0 Å². The smallest absolute Gasteiger partial charge is 0.0580 e. The van der Waals surface area contributed by atoms with Crippen LogP contribution in [0, 0.1) is 5.92 Å². The Kier molecular flexibility index (Phi) is 3.42. The largest absolute Gasteiger partial charge is 0.393 e. The molecule has 1 aliphatic heterocycles. The number of piperidine rings is 1. The minimum Gasteiger partial charge on any atom is -0.393 e. The lowest BCUT2D eigenvalue weighted by atomic mass is 10.0. The Morgan fingerprint density at radius 3 is 2.43 bits per heavy atom. The number of hydrogen-bond acceptors (Lipinski definition) is 3.